The highest BCUT2D eigenvalue weighted by Gasteiger charge is 2.44. The lowest BCUT2D eigenvalue weighted by Crippen LogP contribution is -2.50. The molecule has 1 aromatic heterocycles. The van der Waals surface area contributed by atoms with Gasteiger partial charge < -0.3 is 5.32 Å². The summed E-state index contributed by atoms with van der Waals surface area (Å²) in [7, 11) is -2.60. The summed E-state index contributed by atoms with van der Waals surface area (Å²) in [5.41, 5.74) is 1.42. The number of benzene rings is 2. The molecule has 2 aromatic carbocycles. The Hall–Kier alpha value is -4.32. The van der Waals surface area contributed by atoms with Gasteiger partial charge in [0, 0.05) is 36.1 Å². The molecule has 0 spiro atoms. The van der Waals surface area contributed by atoms with Gasteiger partial charge in [-0.25, -0.2) is 12.7 Å². The third-order valence-corrected chi connectivity index (χ3v) is 9.58. The maximum atomic E-state index is 14.3. The average molecular weight is 592 g/mol. The highest BCUT2D eigenvalue weighted by molar-refractivity contribution is 7.90. The first kappa shape index (κ1) is 29.2. The minimum Gasteiger partial charge on any atom is -0.351 e. The van der Waals surface area contributed by atoms with E-state index in [0.29, 0.717) is 21.1 Å². The van der Waals surface area contributed by atoms with E-state index in [9.17, 15) is 27.6 Å². The number of aryl methyl sites for hydroxylation is 2. The number of amides is 3. The maximum Gasteiger partial charge on any atom is 0.269 e. The molecule has 3 amide bonds. The Bertz CT molecular complexity index is 1670. The van der Waals surface area contributed by atoms with Gasteiger partial charge >= 0.3 is 0 Å². The molecule has 1 N–H and O–H groups in total. The van der Waals surface area contributed by atoms with Crippen molar-refractivity contribution >= 4 is 39.2 Å². The predicted molar refractivity (Wildman–Crippen MR) is 154 cm³/mol. The summed E-state index contributed by atoms with van der Waals surface area (Å²) in [5.74, 6) is -2.35. The molecular weight excluding hydrogens is 558 g/mol. The van der Waals surface area contributed by atoms with Gasteiger partial charge in [-0.3, -0.25) is 28.8 Å². The lowest BCUT2D eigenvalue weighted by molar-refractivity contribution is -0.127. The van der Waals surface area contributed by atoms with Crippen molar-refractivity contribution < 1.29 is 27.6 Å². The molecular formula is C30H33N5O6S. The highest BCUT2D eigenvalue weighted by atomic mass is 32.2. The fourth-order valence-electron chi connectivity index (χ4n) is 5.71. The second-order valence-electron chi connectivity index (χ2n) is 10.8. The molecule has 5 rings (SSSR count). The number of carbonyl (C=O) groups excluding carboxylic acids is 4. The predicted octanol–water partition coefficient (Wildman–Crippen LogP) is 3.30. The number of rotatable bonds is 8. The van der Waals surface area contributed by atoms with E-state index < -0.39 is 40.3 Å². The van der Waals surface area contributed by atoms with Crippen LogP contribution in [-0.2, 0) is 26.7 Å². The zero-order valence-electron chi connectivity index (χ0n) is 23.7. The van der Waals surface area contributed by atoms with Gasteiger partial charge in [-0.1, -0.05) is 43.5 Å². The number of carbonyl (C=O) groups is 4. The Balaban J connectivity index is 1.61. The molecule has 2 aliphatic rings. The van der Waals surface area contributed by atoms with Crippen molar-refractivity contribution in [2.45, 2.75) is 62.9 Å². The molecule has 0 unspecified atom stereocenters. The van der Waals surface area contributed by atoms with Gasteiger partial charge in [-0.2, -0.15) is 5.10 Å². The molecule has 2 heterocycles. The summed E-state index contributed by atoms with van der Waals surface area (Å²) < 4.78 is 28.7. The number of nitrogens with zero attached hydrogens (tertiary/aromatic N) is 4. The van der Waals surface area contributed by atoms with E-state index in [2.05, 4.69) is 10.4 Å². The van der Waals surface area contributed by atoms with Crippen molar-refractivity contribution in [2.75, 3.05) is 11.4 Å². The first-order valence-electron chi connectivity index (χ1n) is 13.9. The molecule has 1 atom stereocenters. The summed E-state index contributed by atoms with van der Waals surface area (Å²) in [6, 6.07) is 10.7. The van der Waals surface area contributed by atoms with E-state index in [1.54, 1.807) is 44.4 Å². The fourth-order valence-corrected chi connectivity index (χ4v) is 7.23. The van der Waals surface area contributed by atoms with Gasteiger partial charge in [0.2, 0.25) is 11.8 Å². The van der Waals surface area contributed by atoms with Crippen LogP contribution in [0, 0.1) is 6.92 Å². The zero-order valence-corrected chi connectivity index (χ0v) is 24.6. The molecule has 0 saturated heterocycles. The number of nitrogens with one attached hydrogen (secondary N) is 1. The number of hydrogen-bond acceptors (Lipinski definition) is 7. The van der Waals surface area contributed by atoms with E-state index in [-0.39, 0.29) is 28.0 Å². The largest absolute Gasteiger partial charge is 0.351 e. The number of Topliss-reactive ketones (excluding diaryl/α,β-unsaturated/α-hetero) is 1. The Morgan fingerprint density at radius 1 is 1.07 bits per heavy atom. The van der Waals surface area contributed by atoms with Crippen LogP contribution in [0.2, 0.25) is 0 Å². The summed E-state index contributed by atoms with van der Waals surface area (Å²) in [5, 5.41) is 7.49. The molecule has 12 heteroatoms. The smallest absolute Gasteiger partial charge is 0.269 e. The van der Waals surface area contributed by atoms with Gasteiger partial charge in [0.15, 0.2) is 5.78 Å². The molecule has 1 saturated carbocycles. The average Bonchev–Trinajstić information content (AvgIpc) is 3.39. The van der Waals surface area contributed by atoms with Gasteiger partial charge in [0.05, 0.1) is 11.3 Å². The SMILES string of the molecule is CC(=O)c1cccc(N(C(=O)CN2C(=O)c3ccccc3S2(=O)=O)[C@@H](C(=O)NC2CCCCC2)c2cn(C)nc2C)c1. The zero-order chi connectivity index (χ0) is 30.2. The van der Waals surface area contributed by atoms with E-state index >= 15 is 0 Å². The molecule has 1 fully saturated rings. The second kappa shape index (κ2) is 11.5. The monoisotopic (exact) mass is 591 g/mol. The Morgan fingerprint density at radius 3 is 2.43 bits per heavy atom. The third-order valence-electron chi connectivity index (χ3n) is 7.79. The van der Waals surface area contributed by atoms with Crippen molar-refractivity contribution in [1.29, 1.82) is 0 Å². The fraction of sp³-hybridized carbons (Fsp3) is 0.367. The quantitative estimate of drug-likeness (QED) is 0.397. The Kier molecular flexibility index (Phi) is 8.00. The maximum absolute atomic E-state index is 14.3. The van der Waals surface area contributed by atoms with Crippen LogP contribution in [-0.4, -0.2) is 58.6 Å². The lowest BCUT2D eigenvalue weighted by Gasteiger charge is -2.34. The van der Waals surface area contributed by atoms with Crippen LogP contribution in [0.1, 0.15) is 77.0 Å². The van der Waals surface area contributed by atoms with E-state index in [1.807, 2.05) is 0 Å². The van der Waals surface area contributed by atoms with Crippen LogP contribution in [0.15, 0.2) is 59.6 Å². The molecule has 1 aliphatic carbocycles. The number of fused-ring (bicyclic) bond motifs is 1. The molecule has 0 radical (unpaired) electrons. The van der Waals surface area contributed by atoms with Crippen LogP contribution in [0.25, 0.3) is 0 Å². The van der Waals surface area contributed by atoms with Crippen LogP contribution < -0.4 is 10.2 Å². The van der Waals surface area contributed by atoms with Gasteiger partial charge in [0.25, 0.3) is 15.9 Å². The Morgan fingerprint density at radius 2 is 1.79 bits per heavy atom. The number of anilines is 1. The molecule has 11 nitrogen and oxygen atoms in total. The van der Waals surface area contributed by atoms with Crippen LogP contribution >= 0.6 is 0 Å². The van der Waals surface area contributed by atoms with Crippen LogP contribution in [0.3, 0.4) is 0 Å². The normalized spacial score (nSPS) is 17.0. The number of ketones is 1. The molecule has 3 aromatic rings. The molecule has 1 aliphatic heterocycles. The van der Waals surface area contributed by atoms with E-state index in [1.165, 1.54) is 40.8 Å². The van der Waals surface area contributed by atoms with E-state index in [4.69, 9.17) is 0 Å². The van der Waals surface area contributed by atoms with Crippen molar-refractivity contribution in [3.8, 4) is 0 Å². The lowest BCUT2D eigenvalue weighted by atomic mass is 9.94. The van der Waals surface area contributed by atoms with E-state index in [0.717, 1.165) is 32.1 Å². The number of aromatic nitrogens is 2. The minimum absolute atomic E-state index is 0.0230. The summed E-state index contributed by atoms with van der Waals surface area (Å²) in [6.45, 7) is 2.26. The first-order valence-corrected chi connectivity index (χ1v) is 15.3. The van der Waals surface area contributed by atoms with Gasteiger partial charge in [-0.05, 0) is 51.0 Å². The number of hydrogen-bond donors (Lipinski definition) is 1. The Labute approximate surface area is 244 Å². The number of sulfonamides is 1. The molecule has 220 valence electrons. The van der Waals surface area contributed by atoms with Crippen molar-refractivity contribution in [2.24, 2.45) is 7.05 Å². The van der Waals surface area contributed by atoms with Gasteiger partial charge in [-0.15, -0.1) is 0 Å². The van der Waals surface area contributed by atoms with Crippen molar-refractivity contribution in [3.63, 3.8) is 0 Å². The first-order chi connectivity index (χ1) is 20.0. The summed E-state index contributed by atoms with van der Waals surface area (Å²) in [6.07, 6.45) is 6.28. The minimum atomic E-state index is -4.30. The standard InChI is InChI=1S/C30H33N5O6S/c1-19-25(17-33(3)32-19)28(29(38)31-22-11-5-4-6-12-22)35(23-13-9-10-21(16-23)20(2)36)27(37)18-34-30(39)24-14-7-8-15-26(24)42(34,40)41/h7-10,13-17,22,28H,4-6,11-12,18H2,1-3H3,(H,31,38)/t28-/m1/s1. The molecule has 42 heavy (non-hydrogen) atoms. The van der Waals surface area contributed by atoms with Crippen LogP contribution in [0.5, 0.6) is 0 Å². The third kappa shape index (κ3) is 5.46. The second-order valence-corrected chi connectivity index (χ2v) is 12.6. The highest BCUT2D eigenvalue weighted by Crippen LogP contribution is 2.34. The van der Waals surface area contributed by atoms with Crippen molar-refractivity contribution in [3.05, 3.63) is 77.1 Å². The van der Waals surface area contributed by atoms with Crippen LogP contribution in [0.4, 0.5) is 5.69 Å². The molecule has 0 bridgehead atoms. The summed E-state index contributed by atoms with van der Waals surface area (Å²) >= 11 is 0. The summed E-state index contributed by atoms with van der Waals surface area (Å²) in [4.78, 5) is 54.9. The van der Waals surface area contributed by atoms with Crippen molar-refractivity contribution in [1.82, 2.24) is 19.4 Å². The topological polar surface area (TPSA) is 139 Å². The van der Waals surface area contributed by atoms with Gasteiger partial charge in [0.1, 0.15) is 17.5 Å².